The molecule has 0 saturated carbocycles. The van der Waals surface area contributed by atoms with Gasteiger partial charge in [0.1, 0.15) is 0 Å². The SMILES string of the molecule is COC(=O)CCCCCNc1ccc([N+](=O)[O-])nc1. The van der Waals surface area contributed by atoms with Gasteiger partial charge in [0.15, 0.2) is 6.20 Å². The van der Waals surface area contributed by atoms with Crippen LogP contribution in [-0.4, -0.2) is 29.5 Å². The van der Waals surface area contributed by atoms with Crippen molar-refractivity contribution in [3.8, 4) is 0 Å². The maximum Gasteiger partial charge on any atom is 0.363 e. The van der Waals surface area contributed by atoms with Crippen LogP contribution >= 0.6 is 0 Å². The molecule has 0 aliphatic heterocycles. The molecule has 1 rings (SSSR count). The molecule has 7 heteroatoms. The molecule has 1 heterocycles. The van der Waals surface area contributed by atoms with Gasteiger partial charge in [0.05, 0.1) is 12.8 Å². The Morgan fingerprint density at radius 2 is 2.21 bits per heavy atom. The van der Waals surface area contributed by atoms with E-state index in [1.807, 2.05) is 0 Å². The van der Waals surface area contributed by atoms with Gasteiger partial charge in [-0.3, -0.25) is 4.79 Å². The van der Waals surface area contributed by atoms with Crippen LogP contribution in [0.5, 0.6) is 0 Å². The summed E-state index contributed by atoms with van der Waals surface area (Å²) in [5.74, 6) is -0.351. The number of carbonyl (C=O) groups is 1. The van der Waals surface area contributed by atoms with Crippen LogP contribution in [0.15, 0.2) is 18.3 Å². The highest BCUT2D eigenvalue weighted by molar-refractivity contribution is 5.68. The molecule has 0 saturated heterocycles. The second-order valence-corrected chi connectivity index (χ2v) is 3.98. The zero-order valence-corrected chi connectivity index (χ0v) is 10.8. The number of ether oxygens (including phenoxy) is 1. The minimum Gasteiger partial charge on any atom is -0.469 e. The first kappa shape index (κ1) is 14.9. The largest absolute Gasteiger partial charge is 0.469 e. The summed E-state index contributed by atoms with van der Waals surface area (Å²) < 4.78 is 4.54. The van der Waals surface area contributed by atoms with Gasteiger partial charge in [0, 0.05) is 19.0 Å². The lowest BCUT2D eigenvalue weighted by molar-refractivity contribution is -0.389. The molecule has 0 aromatic carbocycles. The summed E-state index contributed by atoms with van der Waals surface area (Å²) in [6.45, 7) is 0.737. The molecule has 0 fully saturated rings. The van der Waals surface area contributed by atoms with Crippen LogP contribution in [0.4, 0.5) is 11.5 Å². The second-order valence-electron chi connectivity index (χ2n) is 3.98. The van der Waals surface area contributed by atoms with Crippen LogP contribution in [0.2, 0.25) is 0 Å². The van der Waals surface area contributed by atoms with Gasteiger partial charge in [-0.25, -0.2) is 0 Å². The van der Waals surface area contributed by atoms with Gasteiger partial charge in [0.2, 0.25) is 0 Å². The number of aromatic nitrogens is 1. The highest BCUT2D eigenvalue weighted by Gasteiger charge is 2.05. The Kier molecular flexibility index (Phi) is 6.28. The summed E-state index contributed by atoms with van der Waals surface area (Å²) in [5, 5.41) is 13.5. The molecule has 0 unspecified atom stereocenters. The first-order valence-corrected chi connectivity index (χ1v) is 6.04. The van der Waals surface area contributed by atoms with E-state index in [9.17, 15) is 14.9 Å². The normalized spacial score (nSPS) is 9.95. The second kappa shape index (κ2) is 8.02. The Morgan fingerprint density at radius 3 is 2.79 bits per heavy atom. The van der Waals surface area contributed by atoms with E-state index in [-0.39, 0.29) is 11.8 Å². The maximum absolute atomic E-state index is 10.9. The lowest BCUT2D eigenvalue weighted by Crippen LogP contribution is -2.03. The summed E-state index contributed by atoms with van der Waals surface area (Å²) in [5.41, 5.74) is 0.749. The van der Waals surface area contributed by atoms with Crippen molar-refractivity contribution < 1.29 is 14.5 Å². The summed E-state index contributed by atoms with van der Waals surface area (Å²) in [7, 11) is 1.38. The Hall–Kier alpha value is -2.18. The molecular formula is C12H17N3O4. The third-order valence-corrected chi connectivity index (χ3v) is 2.55. The zero-order valence-electron chi connectivity index (χ0n) is 10.8. The lowest BCUT2D eigenvalue weighted by Gasteiger charge is -2.04. The van der Waals surface area contributed by atoms with E-state index in [0.29, 0.717) is 6.42 Å². The van der Waals surface area contributed by atoms with Crippen molar-refractivity contribution in [1.82, 2.24) is 4.98 Å². The van der Waals surface area contributed by atoms with E-state index in [4.69, 9.17) is 0 Å². The monoisotopic (exact) mass is 267 g/mol. The van der Waals surface area contributed by atoms with Crippen molar-refractivity contribution in [2.24, 2.45) is 0 Å². The highest BCUT2D eigenvalue weighted by Crippen LogP contribution is 2.11. The van der Waals surface area contributed by atoms with Gasteiger partial charge >= 0.3 is 11.8 Å². The maximum atomic E-state index is 10.9. The molecule has 1 aromatic heterocycles. The van der Waals surface area contributed by atoms with E-state index in [0.717, 1.165) is 31.5 Å². The summed E-state index contributed by atoms with van der Waals surface area (Å²) >= 11 is 0. The zero-order chi connectivity index (χ0) is 14.1. The number of pyridine rings is 1. The number of esters is 1. The molecule has 0 aliphatic carbocycles. The number of anilines is 1. The molecule has 104 valence electrons. The third-order valence-electron chi connectivity index (χ3n) is 2.55. The fraction of sp³-hybridized carbons (Fsp3) is 0.500. The molecule has 0 radical (unpaired) electrons. The first-order chi connectivity index (χ1) is 9.13. The minimum absolute atomic E-state index is 0.163. The fourth-order valence-corrected chi connectivity index (χ4v) is 1.50. The van der Waals surface area contributed by atoms with Crippen molar-refractivity contribution in [2.45, 2.75) is 25.7 Å². The van der Waals surface area contributed by atoms with Crippen molar-refractivity contribution in [2.75, 3.05) is 19.0 Å². The fourth-order valence-electron chi connectivity index (χ4n) is 1.50. The van der Waals surface area contributed by atoms with E-state index < -0.39 is 4.92 Å². The third kappa shape index (κ3) is 5.80. The number of nitrogens with zero attached hydrogens (tertiary/aromatic N) is 2. The number of hydrogen-bond donors (Lipinski definition) is 1. The topological polar surface area (TPSA) is 94.4 Å². The number of nitrogens with one attached hydrogen (secondary N) is 1. The number of hydrogen-bond acceptors (Lipinski definition) is 6. The molecule has 1 aromatic rings. The van der Waals surface area contributed by atoms with Crippen LogP contribution in [0.25, 0.3) is 0 Å². The molecule has 0 spiro atoms. The van der Waals surface area contributed by atoms with Crippen molar-refractivity contribution in [1.29, 1.82) is 0 Å². The Morgan fingerprint density at radius 1 is 1.42 bits per heavy atom. The Balaban J connectivity index is 2.15. The van der Waals surface area contributed by atoms with Crippen molar-refractivity contribution in [3.05, 3.63) is 28.4 Å². The smallest absolute Gasteiger partial charge is 0.363 e. The van der Waals surface area contributed by atoms with Crippen LogP contribution < -0.4 is 5.32 Å². The molecule has 19 heavy (non-hydrogen) atoms. The number of carbonyl (C=O) groups excluding carboxylic acids is 1. The van der Waals surface area contributed by atoms with Crippen LogP contribution in [0.3, 0.4) is 0 Å². The summed E-state index contributed by atoms with van der Waals surface area (Å²) in [4.78, 5) is 24.4. The van der Waals surface area contributed by atoms with Gasteiger partial charge in [-0.2, -0.15) is 0 Å². The number of nitro groups is 1. The van der Waals surface area contributed by atoms with Crippen molar-refractivity contribution in [3.63, 3.8) is 0 Å². The predicted octanol–water partition coefficient (Wildman–Crippen LogP) is 2.14. The average Bonchev–Trinajstić information content (AvgIpc) is 2.42. The van der Waals surface area contributed by atoms with Gasteiger partial charge in [-0.05, 0) is 28.8 Å². The van der Waals surface area contributed by atoms with Crippen LogP contribution in [-0.2, 0) is 9.53 Å². The van der Waals surface area contributed by atoms with Gasteiger partial charge in [-0.1, -0.05) is 6.42 Å². The molecule has 7 nitrogen and oxygen atoms in total. The first-order valence-electron chi connectivity index (χ1n) is 6.04. The molecule has 0 bridgehead atoms. The van der Waals surface area contributed by atoms with Crippen LogP contribution in [0, 0.1) is 10.1 Å². The average molecular weight is 267 g/mol. The Bertz CT molecular complexity index is 419. The molecule has 1 N–H and O–H groups in total. The highest BCUT2D eigenvalue weighted by atomic mass is 16.6. The molecule has 0 aliphatic rings. The van der Waals surface area contributed by atoms with E-state index in [2.05, 4.69) is 15.0 Å². The quantitative estimate of drug-likeness (QED) is 0.335. The Labute approximate surface area is 111 Å². The van der Waals surface area contributed by atoms with Gasteiger partial charge in [-0.15, -0.1) is 0 Å². The van der Waals surface area contributed by atoms with E-state index >= 15 is 0 Å². The summed E-state index contributed by atoms with van der Waals surface area (Å²) in [6.07, 6.45) is 4.51. The van der Waals surface area contributed by atoms with E-state index in [1.54, 1.807) is 6.07 Å². The number of unbranched alkanes of at least 4 members (excludes halogenated alkanes) is 2. The number of methoxy groups -OCH3 is 1. The molecular weight excluding hydrogens is 250 g/mol. The standard InChI is InChI=1S/C12H17N3O4/c1-19-12(16)5-3-2-4-8-13-10-6-7-11(14-9-10)15(17)18/h6-7,9,13H,2-5,8H2,1H3. The van der Waals surface area contributed by atoms with Crippen molar-refractivity contribution >= 4 is 17.5 Å². The summed E-state index contributed by atoms with van der Waals surface area (Å²) in [6, 6.07) is 2.99. The molecule has 0 amide bonds. The predicted molar refractivity (Wildman–Crippen MR) is 69.9 cm³/mol. The van der Waals surface area contributed by atoms with Gasteiger partial charge < -0.3 is 20.2 Å². The van der Waals surface area contributed by atoms with Crippen LogP contribution in [0.1, 0.15) is 25.7 Å². The molecule has 0 atom stereocenters. The van der Waals surface area contributed by atoms with E-state index in [1.165, 1.54) is 19.4 Å². The minimum atomic E-state index is -0.531. The number of rotatable bonds is 8. The van der Waals surface area contributed by atoms with Gasteiger partial charge in [0.25, 0.3) is 0 Å². The lowest BCUT2D eigenvalue weighted by atomic mass is 10.2.